The number of sulfonamides is 1. The van der Waals surface area contributed by atoms with E-state index < -0.39 is 33.6 Å². The van der Waals surface area contributed by atoms with Crippen LogP contribution in [0.4, 0.5) is 14.5 Å². The lowest BCUT2D eigenvalue weighted by atomic mass is 10.2. The number of rotatable bonds is 6. The highest BCUT2D eigenvalue weighted by Gasteiger charge is 2.38. The van der Waals surface area contributed by atoms with E-state index in [1.165, 1.54) is 41.6 Å². The molecular formula is C21H18F2N4O4S2. The molecule has 0 spiro atoms. The molecule has 2 aromatic carbocycles. The molecule has 8 nitrogen and oxygen atoms in total. The number of ketones is 1. The molecule has 1 N–H and O–H groups in total. The number of Topliss-reactive ketones (excluding diaryl/α,β-unsaturated/α-hetero) is 1. The normalized spacial score (nSPS) is 16.6. The number of halogens is 2. The van der Waals surface area contributed by atoms with Crippen molar-refractivity contribution in [3.63, 3.8) is 0 Å². The van der Waals surface area contributed by atoms with E-state index in [-0.39, 0.29) is 27.9 Å². The molecule has 1 amide bonds. The first-order valence-corrected chi connectivity index (χ1v) is 12.1. The zero-order chi connectivity index (χ0) is 23.8. The van der Waals surface area contributed by atoms with Gasteiger partial charge in [-0.2, -0.15) is 4.31 Å². The summed E-state index contributed by atoms with van der Waals surface area (Å²) in [5.41, 5.74) is 0.461. The number of amides is 1. The Morgan fingerprint density at radius 2 is 1.82 bits per heavy atom. The Balaban J connectivity index is 1.53. The highest BCUT2D eigenvalue weighted by atomic mass is 32.2. The van der Waals surface area contributed by atoms with Crippen LogP contribution in [-0.4, -0.2) is 41.2 Å². The molecule has 2 heterocycles. The predicted octanol–water partition coefficient (Wildman–Crippen LogP) is 3.80. The maximum atomic E-state index is 13.4. The Kier molecular flexibility index (Phi) is 6.32. The molecule has 33 heavy (non-hydrogen) atoms. The third kappa shape index (κ3) is 4.68. The van der Waals surface area contributed by atoms with E-state index in [0.717, 1.165) is 23.5 Å². The Morgan fingerprint density at radius 3 is 2.48 bits per heavy atom. The van der Waals surface area contributed by atoms with Crippen LogP contribution in [0.5, 0.6) is 0 Å². The van der Waals surface area contributed by atoms with Gasteiger partial charge in [-0.3, -0.25) is 9.59 Å². The summed E-state index contributed by atoms with van der Waals surface area (Å²) in [5.74, 6) is -2.98. The van der Waals surface area contributed by atoms with E-state index in [9.17, 15) is 26.8 Å². The minimum Gasteiger partial charge on any atom is -0.320 e. The van der Waals surface area contributed by atoms with E-state index in [0.29, 0.717) is 23.4 Å². The van der Waals surface area contributed by atoms with Gasteiger partial charge in [0.25, 0.3) is 5.91 Å². The first-order valence-electron chi connectivity index (χ1n) is 9.89. The molecule has 1 saturated heterocycles. The van der Waals surface area contributed by atoms with Crippen LogP contribution in [0.15, 0.2) is 47.4 Å². The van der Waals surface area contributed by atoms with Crippen LogP contribution < -0.4 is 5.32 Å². The molecule has 0 radical (unpaired) electrons. The molecule has 0 aliphatic carbocycles. The number of anilines is 1. The van der Waals surface area contributed by atoms with Gasteiger partial charge < -0.3 is 5.32 Å². The standard InChI is InChI=1S/C21H18F2N4O4S2/c1-12(28)13-4-7-15(8-5-13)33(30,31)27-10-2-3-18(27)20-25-26-21(32-20)19(29)24-14-6-9-16(22)17(23)11-14/h4-9,11,18H,2-3,10H2,1H3,(H,24,29)/t18-/m0/s1. The number of nitrogens with zero attached hydrogens (tertiary/aromatic N) is 3. The number of hydrogen-bond donors (Lipinski definition) is 1. The fourth-order valence-corrected chi connectivity index (χ4v) is 6.10. The van der Waals surface area contributed by atoms with Crippen LogP contribution in [0.1, 0.15) is 51.0 Å². The average molecular weight is 493 g/mol. The van der Waals surface area contributed by atoms with Crippen molar-refractivity contribution in [3.8, 4) is 0 Å². The number of hydrogen-bond acceptors (Lipinski definition) is 7. The molecule has 0 saturated carbocycles. The Labute approximate surface area is 192 Å². The molecule has 1 aromatic heterocycles. The van der Waals surface area contributed by atoms with Gasteiger partial charge in [-0.15, -0.1) is 10.2 Å². The molecular weight excluding hydrogens is 474 g/mol. The van der Waals surface area contributed by atoms with Gasteiger partial charge in [-0.05, 0) is 44.0 Å². The van der Waals surface area contributed by atoms with Gasteiger partial charge >= 0.3 is 0 Å². The van der Waals surface area contributed by atoms with Gasteiger partial charge in [0.15, 0.2) is 17.4 Å². The number of nitrogens with one attached hydrogen (secondary N) is 1. The Morgan fingerprint density at radius 1 is 1.09 bits per heavy atom. The van der Waals surface area contributed by atoms with Gasteiger partial charge in [0.2, 0.25) is 15.0 Å². The largest absolute Gasteiger partial charge is 0.320 e. The molecule has 4 rings (SSSR count). The summed E-state index contributed by atoms with van der Waals surface area (Å²) >= 11 is 0.933. The zero-order valence-electron chi connectivity index (χ0n) is 17.3. The van der Waals surface area contributed by atoms with Crippen LogP contribution in [0, 0.1) is 11.6 Å². The summed E-state index contributed by atoms with van der Waals surface area (Å²) in [5, 5.41) is 10.6. The van der Waals surface area contributed by atoms with Crippen molar-refractivity contribution in [1.82, 2.24) is 14.5 Å². The van der Waals surface area contributed by atoms with Crippen LogP contribution in [0.3, 0.4) is 0 Å². The maximum absolute atomic E-state index is 13.4. The fourth-order valence-electron chi connectivity index (χ4n) is 3.49. The third-order valence-electron chi connectivity index (χ3n) is 5.17. The number of aromatic nitrogens is 2. The maximum Gasteiger partial charge on any atom is 0.286 e. The van der Waals surface area contributed by atoms with Gasteiger partial charge in [0, 0.05) is 23.9 Å². The minimum atomic E-state index is -3.86. The summed E-state index contributed by atoms with van der Waals surface area (Å²) in [4.78, 5) is 24.0. The highest BCUT2D eigenvalue weighted by Crippen LogP contribution is 2.37. The van der Waals surface area contributed by atoms with E-state index in [2.05, 4.69) is 15.5 Å². The van der Waals surface area contributed by atoms with Crippen molar-refractivity contribution in [2.45, 2.75) is 30.7 Å². The van der Waals surface area contributed by atoms with Gasteiger partial charge in [0.05, 0.1) is 10.9 Å². The first kappa shape index (κ1) is 23.1. The molecule has 1 aliphatic heterocycles. The summed E-state index contributed by atoms with van der Waals surface area (Å²) in [7, 11) is -3.86. The molecule has 172 valence electrons. The van der Waals surface area contributed by atoms with Gasteiger partial charge in [-0.25, -0.2) is 17.2 Å². The van der Waals surface area contributed by atoms with Crippen molar-refractivity contribution in [2.24, 2.45) is 0 Å². The predicted molar refractivity (Wildman–Crippen MR) is 117 cm³/mol. The topological polar surface area (TPSA) is 109 Å². The third-order valence-corrected chi connectivity index (χ3v) is 8.11. The summed E-state index contributed by atoms with van der Waals surface area (Å²) in [6, 6.07) is 8.06. The van der Waals surface area contributed by atoms with Crippen LogP contribution in [0.2, 0.25) is 0 Å². The minimum absolute atomic E-state index is 0.0372. The summed E-state index contributed by atoms with van der Waals surface area (Å²) in [6.45, 7) is 1.67. The second-order valence-electron chi connectivity index (χ2n) is 7.38. The van der Waals surface area contributed by atoms with Gasteiger partial charge in [0.1, 0.15) is 5.01 Å². The van der Waals surface area contributed by atoms with Crippen molar-refractivity contribution < 1.29 is 26.8 Å². The fraction of sp³-hybridized carbons (Fsp3) is 0.238. The van der Waals surface area contributed by atoms with E-state index in [1.54, 1.807) is 0 Å². The summed E-state index contributed by atoms with van der Waals surface area (Å²) in [6.07, 6.45) is 1.11. The molecule has 1 atom stereocenters. The van der Waals surface area contributed by atoms with E-state index in [4.69, 9.17) is 0 Å². The van der Waals surface area contributed by atoms with E-state index in [1.807, 2.05) is 0 Å². The molecule has 3 aromatic rings. The molecule has 0 unspecified atom stereocenters. The van der Waals surface area contributed by atoms with Crippen molar-refractivity contribution in [3.05, 3.63) is 69.7 Å². The number of benzene rings is 2. The molecule has 1 fully saturated rings. The Bertz CT molecular complexity index is 1330. The quantitative estimate of drug-likeness (QED) is 0.525. The monoisotopic (exact) mass is 492 g/mol. The van der Waals surface area contributed by atoms with Crippen LogP contribution in [0.25, 0.3) is 0 Å². The molecule has 12 heteroatoms. The van der Waals surface area contributed by atoms with Gasteiger partial charge in [-0.1, -0.05) is 23.5 Å². The number of carbonyl (C=O) groups is 2. The molecule has 0 bridgehead atoms. The van der Waals surface area contributed by atoms with Crippen LogP contribution in [-0.2, 0) is 10.0 Å². The smallest absolute Gasteiger partial charge is 0.286 e. The highest BCUT2D eigenvalue weighted by molar-refractivity contribution is 7.89. The second-order valence-corrected chi connectivity index (χ2v) is 10.3. The average Bonchev–Trinajstić information content (AvgIpc) is 3.46. The lowest BCUT2D eigenvalue weighted by molar-refractivity contribution is 0.101. The zero-order valence-corrected chi connectivity index (χ0v) is 18.9. The van der Waals surface area contributed by atoms with Crippen LogP contribution >= 0.6 is 11.3 Å². The van der Waals surface area contributed by atoms with Crippen molar-refractivity contribution in [2.75, 3.05) is 11.9 Å². The lowest BCUT2D eigenvalue weighted by Gasteiger charge is -2.22. The lowest BCUT2D eigenvalue weighted by Crippen LogP contribution is -2.30. The van der Waals surface area contributed by atoms with E-state index >= 15 is 0 Å². The number of carbonyl (C=O) groups excluding carboxylic acids is 2. The summed E-state index contributed by atoms with van der Waals surface area (Å²) < 4.78 is 54.1. The van der Waals surface area contributed by atoms with Crippen molar-refractivity contribution in [1.29, 1.82) is 0 Å². The van der Waals surface area contributed by atoms with Crippen molar-refractivity contribution >= 4 is 38.7 Å². The molecule has 1 aliphatic rings. The second kappa shape index (κ2) is 9.04. The SMILES string of the molecule is CC(=O)c1ccc(S(=O)(=O)N2CCC[C@H]2c2nnc(C(=O)Nc3ccc(F)c(F)c3)s2)cc1. The Hall–Kier alpha value is -3.09. The first-order chi connectivity index (χ1) is 15.7.